The van der Waals surface area contributed by atoms with Crippen molar-refractivity contribution < 1.29 is 59.3 Å². The van der Waals surface area contributed by atoms with Crippen molar-refractivity contribution in [2.24, 2.45) is 0 Å². The topological polar surface area (TPSA) is 123 Å². The van der Waals surface area contributed by atoms with Crippen molar-refractivity contribution in [1.29, 1.82) is 0 Å². The average molecular weight is 342 g/mol. The number of hydrogen-bond acceptors (Lipinski definition) is 5. The highest BCUT2D eigenvalue weighted by molar-refractivity contribution is 7.48. The number of alkyl halides is 5. The maximum absolute atomic E-state index is 12.1. The molecule has 0 bridgehead atoms. The second-order valence-corrected chi connectivity index (χ2v) is 5.27. The summed E-state index contributed by atoms with van der Waals surface area (Å²) in [7, 11) is -8.29. The van der Waals surface area contributed by atoms with Crippen molar-refractivity contribution in [2.75, 3.05) is 14.2 Å². The Labute approximate surface area is 102 Å². The predicted molar refractivity (Wildman–Crippen MR) is 48.0 cm³/mol. The smallest absolute Gasteiger partial charge is 0.303 e. The highest BCUT2D eigenvalue weighted by atomic mass is 31.2. The van der Waals surface area contributed by atoms with E-state index in [1.54, 1.807) is 0 Å². The van der Waals surface area contributed by atoms with Gasteiger partial charge in [0.2, 0.25) is 0 Å². The van der Waals surface area contributed by atoms with Gasteiger partial charge in [0.15, 0.2) is 0 Å². The lowest BCUT2D eigenvalue weighted by atomic mass is 10.6. The van der Waals surface area contributed by atoms with E-state index in [0.29, 0.717) is 14.2 Å². The molecule has 0 aromatic rings. The molecule has 8 nitrogen and oxygen atoms in total. The van der Waals surface area contributed by atoms with Gasteiger partial charge in [-0.25, -0.2) is 13.7 Å². The summed E-state index contributed by atoms with van der Waals surface area (Å²) >= 11 is 0. The summed E-state index contributed by atoms with van der Waals surface area (Å²) in [6, 6.07) is 0. The van der Waals surface area contributed by atoms with Crippen molar-refractivity contribution in [3.8, 4) is 0 Å². The van der Waals surface area contributed by atoms with Crippen LogP contribution in [0.3, 0.4) is 0 Å². The molecule has 0 aliphatic rings. The summed E-state index contributed by atoms with van der Waals surface area (Å²) in [6.45, 7) is 0. The SMILES string of the molecule is COP(=O)(OC)OC(F)(F)C(F)(F)F.O=P(O)(O)O. The van der Waals surface area contributed by atoms with Gasteiger partial charge in [-0.3, -0.25) is 9.05 Å². The number of rotatable bonds is 4. The summed E-state index contributed by atoms with van der Waals surface area (Å²) in [5, 5.41) is 0. The molecule has 0 fully saturated rings. The molecule has 0 spiro atoms. The van der Waals surface area contributed by atoms with Crippen LogP contribution >= 0.6 is 15.6 Å². The second-order valence-electron chi connectivity index (χ2n) is 2.43. The molecule has 0 unspecified atom stereocenters. The van der Waals surface area contributed by atoms with E-state index in [1.807, 2.05) is 0 Å². The van der Waals surface area contributed by atoms with Crippen LogP contribution in [0.15, 0.2) is 0 Å². The van der Waals surface area contributed by atoms with Gasteiger partial charge in [-0.15, -0.1) is 0 Å². The van der Waals surface area contributed by atoms with Crippen LogP contribution in [0, 0.1) is 0 Å². The molecule has 0 radical (unpaired) electrons. The molecule has 0 aliphatic carbocycles. The van der Waals surface area contributed by atoms with Crippen molar-refractivity contribution in [3.05, 3.63) is 0 Å². The summed E-state index contributed by atoms with van der Waals surface area (Å²) in [5.41, 5.74) is 0. The minimum Gasteiger partial charge on any atom is -0.303 e. The van der Waals surface area contributed by atoms with Crippen LogP contribution < -0.4 is 0 Å². The first-order valence-electron chi connectivity index (χ1n) is 3.73. The number of phosphoric ester groups is 1. The largest absolute Gasteiger partial charge is 0.483 e. The predicted octanol–water partition coefficient (Wildman–Crippen LogP) is 1.63. The van der Waals surface area contributed by atoms with Crippen molar-refractivity contribution in [3.63, 3.8) is 0 Å². The molecule has 15 heteroatoms. The fourth-order valence-corrected chi connectivity index (χ4v) is 1.02. The van der Waals surface area contributed by atoms with Crippen LogP contribution in [0.2, 0.25) is 0 Å². The minimum atomic E-state index is -5.99. The quantitative estimate of drug-likeness (QED) is 0.520. The van der Waals surface area contributed by atoms with E-state index >= 15 is 0 Å². The first kappa shape index (κ1) is 21.2. The Kier molecular flexibility index (Phi) is 7.85. The molecule has 0 saturated carbocycles. The fourth-order valence-electron chi connectivity index (χ4n) is 0.341. The highest BCUT2D eigenvalue weighted by Gasteiger charge is 2.63. The molecule has 0 atom stereocenters. The Morgan fingerprint density at radius 2 is 1.16 bits per heavy atom. The second kappa shape index (κ2) is 7.04. The number of phosphoric acid groups is 2. The third kappa shape index (κ3) is 10.3. The van der Waals surface area contributed by atoms with Crippen molar-refractivity contribution in [1.82, 2.24) is 0 Å². The third-order valence-electron chi connectivity index (χ3n) is 1.00. The van der Waals surface area contributed by atoms with E-state index < -0.39 is 27.9 Å². The Morgan fingerprint density at radius 3 is 1.32 bits per heavy atom. The third-order valence-corrected chi connectivity index (χ3v) is 2.35. The number of halogens is 5. The van der Waals surface area contributed by atoms with Gasteiger partial charge in [-0.1, -0.05) is 0 Å². The van der Waals surface area contributed by atoms with Crippen LogP contribution in [0.5, 0.6) is 0 Å². The molecule has 0 saturated heterocycles. The van der Waals surface area contributed by atoms with Crippen molar-refractivity contribution >= 4 is 15.6 Å². The van der Waals surface area contributed by atoms with Gasteiger partial charge in [0.1, 0.15) is 0 Å². The maximum Gasteiger partial charge on any atom is 0.483 e. The highest BCUT2D eigenvalue weighted by Crippen LogP contribution is 2.55. The summed E-state index contributed by atoms with van der Waals surface area (Å²) in [6.07, 6.45) is -11.6. The van der Waals surface area contributed by atoms with Crippen LogP contribution in [0.1, 0.15) is 0 Å². The average Bonchev–Trinajstić information content (AvgIpc) is 2.12. The van der Waals surface area contributed by atoms with E-state index in [4.69, 9.17) is 19.2 Å². The standard InChI is InChI=1S/C4H6F5O4P.H3O4P/c1-11-14(10,12-2)13-4(8,9)3(5,6)7;1-5(2,3)4/h1-2H3;(H3,1,2,3,4). The molecule has 0 aromatic heterocycles. The van der Waals surface area contributed by atoms with Crippen molar-refractivity contribution in [2.45, 2.75) is 12.3 Å². The van der Waals surface area contributed by atoms with Gasteiger partial charge in [0, 0.05) is 14.2 Å². The van der Waals surface area contributed by atoms with Gasteiger partial charge >= 0.3 is 27.9 Å². The fraction of sp³-hybridized carbons (Fsp3) is 1.00. The molecule has 0 heterocycles. The zero-order chi connectivity index (χ0) is 16.1. The van der Waals surface area contributed by atoms with Crippen LogP contribution in [-0.4, -0.2) is 41.2 Å². The molecular weight excluding hydrogens is 333 g/mol. The van der Waals surface area contributed by atoms with E-state index in [9.17, 15) is 26.5 Å². The van der Waals surface area contributed by atoms with Gasteiger partial charge in [-0.2, -0.15) is 22.0 Å². The van der Waals surface area contributed by atoms with Gasteiger partial charge in [0.25, 0.3) is 0 Å². The van der Waals surface area contributed by atoms with E-state index in [2.05, 4.69) is 13.6 Å². The first-order chi connectivity index (χ1) is 8.08. The molecule has 0 aromatic carbocycles. The van der Waals surface area contributed by atoms with Gasteiger partial charge in [-0.05, 0) is 0 Å². The van der Waals surface area contributed by atoms with Gasteiger partial charge < -0.3 is 14.7 Å². The molecule has 3 N–H and O–H groups in total. The Morgan fingerprint density at radius 1 is 0.895 bits per heavy atom. The summed E-state index contributed by atoms with van der Waals surface area (Å²) in [5.74, 6) is 0. The molecular formula is C4H9F5O8P2. The van der Waals surface area contributed by atoms with E-state index in [0.717, 1.165) is 0 Å². The van der Waals surface area contributed by atoms with Gasteiger partial charge in [0.05, 0.1) is 0 Å². The van der Waals surface area contributed by atoms with Crippen LogP contribution in [0.25, 0.3) is 0 Å². The molecule has 0 aliphatic heterocycles. The Hall–Kier alpha value is -0.130. The first-order valence-corrected chi connectivity index (χ1v) is 6.75. The van der Waals surface area contributed by atoms with E-state index in [-0.39, 0.29) is 0 Å². The minimum absolute atomic E-state index is 0.608. The molecule has 19 heavy (non-hydrogen) atoms. The number of hydrogen-bond donors (Lipinski definition) is 3. The Bertz CT molecular complexity index is 346. The summed E-state index contributed by atoms with van der Waals surface area (Å²) in [4.78, 5) is 21.6. The Balaban J connectivity index is 0. The van der Waals surface area contributed by atoms with Crippen LogP contribution in [-0.2, 0) is 22.7 Å². The maximum atomic E-state index is 12.1. The lowest BCUT2D eigenvalue weighted by molar-refractivity contribution is -0.365. The zero-order valence-electron chi connectivity index (χ0n) is 9.17. The monoisotopic (exact) mass is 342 g/mol. The van der Waals surface area contributed by atoms with Crippen LogP contribution in [0.4, 0.5) is 22.0 Å². The lowest BCUT2D eigenvalue weighted by Gasteiger charge is -2.22. The normalized spacial score (nSPS) is 13.8. The molecule has 118 valence electrons. The molecule has 0 rings (SSSR count). The summed E-state index contributed by atoms with van der Waals surface area (Å²) < 4.78 is 88.9. The molecule has 0 amide bonds. The van der Waals surface area contributed by atoms with E-state index in [1.165, 1.54) is 0 Å². The zero-order valence-corrected chi connectivity index (χ0v) is 11.0. The lowest BCUT2D eigenvalue weighted by Crippen LogP contribution is -2.38.